The van der Waals surface area contributed by atoms with Crippen molar-refractivity contribution in [1.29, 1.82) is 0 Å². The van der Waals surface area contributed by atoms with Gasteiger partial charge in [0, 0.05) is 0 Å². The third-order valence-electron chi connectivity index (χ3n) is 6.24. The van der Waals surface area contributed by atoms with E-state index < -0.39 is 0 Å². The fraction of sp³-hybridized carbons (Fsp3) is 0.222. The Morgan fingerprint density at radius 2 is 1.53 bits per heavy atom. The van der Waals surface area contributed by atoms with Gasteiger partial charge >= 0.3 is 0 Å². The molecule has 4 rings (SSSR count). The van der Waals surface area contributed by atoms with Crippen LogP contribution in [-0.4, -0.2) is 0 Å². The summed E-state index contributed by atoms with van der Waals surface area (Å²) >= 11 is 0. The molecule has 0 heteroatoms. The van der Waals surface area contributed by atoms with Crippen molar-refractivity contribution in [3.8, 4) is 0 Å². The highest BCUT2D eigenvalue weighted by atomic mass is 14.3. The summed E-state index contributed by atoms with van der Waals surface area (Å²) in [4.78, 5) is 0. The smallest absolute Gasteiger partial charge is 0.00192 e. The Morgan fingerprint density at radius 1 is 0.944 bits per heavy atom. The molecule has 0 N–H and O–H groups in total. The van der Waals surface area contributed by atoms with Gasteiger partial charge in [-0.05, 0) is 75.1 Å². The van der Waals surface area contributed by atoms with Gasteiger partial charge in [0.15, 0.2) is 0 Å². The fourth-order valence-corrected chi connectivity index (χ4v) is 4.08. The van der Waals surface area contributed by atoms with Crippen LogP contribution in [0.2, 0.25) is 0 Å². The van der Waals surface area contributed by atoms with E-state index in [0.29, 0.717) is 0 Å². The highest BCUT2D eigenvalue weighted by Gasteiger charge is 2.22. The van der Waals surface area contributed by atoms with E-state index >= 15 is 0 Å². The molecule has 0 nitrogen and oxygen atoms in total. The van der Waals surface area contributed by atoms with Crippen LogP contribution in [-0.2, 0) is 6.42 Å². The molecule has 1 aliphatic rings. The molecule has 0 bridgehead atoms. The van der Waals surface area contributed by atoms with E-state index in [-0.39, 0.29) is 0 Å². The molecule has 0 fully saturated rings. The summed E-state index contributed by atoms with van der Waals surface area (Å²) < 4.78 is 0. The molecule has 0 heterocycles. The molecule has 3 aromatic rings. The van der Waals surface area contributed by atoms with Crippen LogP contribution in [0, 0.1) is 5.92 Å². The van der Waals surface area contributed by atoms with Crippen molar-refractivity contribution in [3.05, 3.63) is 141 Å². The molecule has 0 saturated heterocycles. The quantitative estimate of drug-likeness (QED) is 0.195. The molecule has 0 aliphatic heterocycles. The first-order chi connectivity index (χ1) is 17.4. The van der Waals surface area contributed by atoms with Gasteiger partial charge in [-0.3, -0.25) is 0 Å². The van der Waals surface area contributed by atoms with Gasteiger partial charge in [-0.1, -0.05) is 119 Å². The molecule has 3 aromatic carbocycles. The maximum atomic E-state index is 4.36. The lowest BCUT2D eigenvalue weighted by Gasteiger charge is -2.11. The predicted molar refractivity (Wildman–Crippen MR) is 168 cm³/mol. The van der Waals surface area contributed by atoms with Gasteiger partial charge < -0.3 is 0 Å². The average molecular weight is 477 g/mol. The molecule has 0 atom stereocenters. The van der Waals surface area contributed by atoms with Crippen molar-refractivity contribution in [2.24, 2.45) is 5.92 Å². The molecular formula is C36H44. The van der Waals surface area contributed by atoms with Gasteiger partial charge in [0.25, 0.3) is 0 Å². The molecule has 0 saturated carbocycles. The zero-order chi connectivity index (χ0) is 27.3. The van der Waals surface area contributed by atoms with Gasteiger partial charge in [0.05, 0.1) is 0 Å². The molecule has 0 spiro atoms. The van der Waals surface area contributed by atoms with Crippen molar-refractivity contribution >= 4 is 27.1 Å². The third kappa shape index (κ3) is 7.43. The summed E-state index contributed by atoms with van der Waals surface area (Å²) in [5.74, 6) is 0.884. The lowest BCUT2D eigenvalue weighted by Crippen LogP contribution is -1.87. The Hall–Kier alpha value is -3.64. The molecular weight excluding hydrogens is 432 g/mol. The normalized spacial score (nSPS) is 13.2. The van der Waals surface area contributed by atoms with Crippen LogP contribution in [0.5, 0.6) is 0 Å². The number of rotatable bonds is 5. The standard InChI is InChI=1S/C27H24.C5H12.2C2H4/c1-5-20(18(2)3)10-8-12-24-19(4)17-23-16-15-22-14-13-21-9-6-7-11-25(21)26(22)27(23)24;1-4-5(2)3;2*1-2/h5-7,9-16H,1-2,4,8,17H2,3H3;5H,4H2,1-3H3;2*1-2H2/b20-10-,24-12+;;;. The minimum atomic E-state index is 0.850. The summed E-state index contributed by atoms with van der Waals surface area (Å²) in [5.41, 5.74) is 7.38. The average Bonchev–Trinajstić information content (AvgIpc) is 3.23. The molecule has 1 aliphatic carbocycles. The summed E-state index contributed by atoms with van der Waals surface area (Å²) in [7, 11) is 0. The van der Waals surface area contributed by atoms with E-state index in [0.717, 1.165) is 29.9 Å². The van der Waals surface area contributed by atoms with Crippen LogP contribution in [0.25, 0.3) is 27.1 Å². The summed E-state index contributed by atoms with van der Waals surface area (Å²) in [6.45, 7) is 32.9. The number of hydrogen-bond acceptors (Lipinski definition) is 0. The van der Waals surface area contributed by atoms with E-state index in [4.69, 9.17) is 0 Å². The van der Waals surface area contributed by atoms with Gasteiger partial charge in [-0.2, -0.15) is 0 Å². The fourth-order valence-electron chi connectivity index (χ4n) is 4.08. The van der Waals surface area contributed by atoms with Crippen molar-refractivity contribution < 1.29 is 0 Å². The van der Waals surface area contributed by atoms with E-state index in [2.05, 4.69) is 128 Å². The second kappa shape index (κ2) is 15.4. The molecule has 36 heavy (non-hydrogen) atoms. The first-order valence-corrected chi connectivity index (χ1v) is 12.7. The summed E-state index contributed by atoms with van der Waals surface area (Å²) in [5, 5.41) is 5.24. The monoisotopic (exact) mass is 476 g/mol. The highest BCUT2D eigenvalue weighted by Crippen LogP contribution is 2.43. The lowest BCUT2D eigenvalue weighted by atomic mass is 9.93. The van der Waals surface area contributed by atoms with Crippen molar-refractivity contribution in [2.75, 3.05) is 0 Å². The first kappa shape index (κ1) is 30.4. The van der Waals surface area contributed by atoms with Crippen LogP contribution in [0.1, 0.15) is 51.7 Å². The predicted octanol–water partition coefficient (Wildman–Crippen LogP) is 11.2. The zero-order valence-electron chi connectivity index (χ0n) is 23.0. The van der Waals surface area contributed by atoms with Crippen LogP contribution in [0.4, 0.5) is 0 Å². The number of fused-ring (bicyclic) bond motifs is 5. The van der Waals surface area contributed by atoms with Gasteiger partial charge in [-0.15, -0.1) is 26.3 Å². The molecule has 0 amide bonds. The van der Waals surface area contributed by atoms with E-state index in [1.807, 2.05) is 13.0 Å². The molecule has 0 aromatic heterocycles. The molecule has 0 unspecified atom stereocenters. The van der Waals surface area contributed by atoms with Crippen LogP contribution in [0.3, 0.4) is 0 Å². The Kier molecular flexibility index (Phi) is 13.0. The van der Waals surface area contributed by atoms with Gasteiger partial charge in [0.1, 0.15) is 0 Å². The van der Waals surface area contributed by atoms with E-state index in [1.165, 1.54) is 50.2 Å². The second-order valence-corrected chi connectivity index (χ2v) is 9.06. The number of benzene rings is 3. The Balaban J connectivity index is 0.000000634. The second-order valence-electron chi connectivity index (χ2n) is 9.06. The van der Waals surface area contributed by atoms with Crippen molar-refractivity contribution in [1.82, 2.24) is 0 Å². The SMILES string of the molecule is C=C.C=C.C=C/C(=C/C/C=C1\C(=C)Cc2ccc3ccc4ccccc4c3c21)C(=C)C.CCC(C)C. The largest absolute Gasteiger partial charge is 0.106 e. The Bertz CT molecular complexity index is 1260. The van der Waals surface area contributed by atoms with E-state index in [1.54, 1.807) is 0 Å². The van der Waals surface area contributed by atoms with Crippen molar-refractivity contribution in [3.63, 3.8) is 0 Å². The minimum Gasteiger partial charge on any atom is -0.106 e. The zero-order valence-corrected chi connectivity index (χ0v) is 23.0. The number of allylic oxidation sites excluding steroid dienone is 7. The van der Waals surface area contributed by atoms with Crippen LogP contribution < -0.4 is 0 Å². The summed E-state index contributed by atoms with van der Waals surface area (Å²) in [6.07, 6.45) is 9.46. The van der Waals surface area contributed by atoms with Gasteiger partial charge in [0.2, 0.25) is 0 Å². The van der Waals surface area contributed by atoms with Gasteiger partial charge in [-0.25, -0.2) is 0 Å². The Morgan fingerprint density at radius 3 is 2.11 bits per heavy atom. The minimum absolute atomic E-state index is 0.850. The molecule has 188 valence electrons. The first-order valence-electron chi connectivity index (χ1n) is 12.7. The van der Waals surface area contributed by atoms with Crippen LogP contribution >= 0.6 is 0 Å². The van der Waals surface area contributed by atoms with Crippen LogP contribution in [0.15, 0.2) is 130 Å². The maximum Gasteiger partial charge on any atom is -0.00192 e. The summed E-state index contributed by atoms with van der Waals surface area (Å²) in [6, 6.07) is 17.6. The van der Waals surface area contributed by atoms with Crippen molar-refractivity contribution in [2.45, 2.75) is 47.0 Å². The van der Waals surface area contributed by atoms with E-state index in [9.17, 15) is 0 Å². The maximum absolute atomic E-state index is 4.36. The Labute approximate surface area is 220 Å². The topological polar surface area (TPSA) is 0 Å². The lowest BCUT2D eigenvalue weighted by molar-refractivity contribution is 0.626. The molecule has 0 radical (unpaired) electrons. The third-order valence-corrected chi connectivity index (χ3v) is 6.24. The number of hydrogen-bond donors (Lipinski definition) is 0. The highest BCUT2D eigenvalue weighted by molar-refractivity contribution is 6.15.